The third-order valence-electron chi connectivity index (χ3n) is 4.46. The second-order valence-electron chi connectivity index (χ2n) is 6.11. The molecular formula is C19H17BrO4. The third-order valence-corrected chi connectivity index (χ3v) is 4.95. The number of carbonyl (C=O) groups is 2. The molecule has 4 nitrogen and oxygen atoms in total. The van der Waals surface area contributed by atoms with Gasteiger partial charge in [0.1, 0.15) is 5.60 Å². The lowest BCUT2D eigenvalue weighted by Crippen LogP contribution is -2.39. The molecule has 0 aliphatic heterocycles. The summed E-state index contributed by atoms with van der Waals surface area (Å²) in [6, 6.07) is 12.1. The fourth-order valence-electron chi connectivity index (χ4n) is 2.95. The molecule has 0 unspecified atom stereocenters. The number of benzene rings is 2. The highest BCUT2D eigenvalue weighted by molar-refractivity contribution is 9.10. The molecule has 2 aromatic rings. The molecule has 0 radical (unpaired) electrons. The second kappa shape index (κ2) is 6.40. The van der Waals surface area contributed by atoms with Gasteiger partial charge in [-0.25, -0.2) is 4.79 Å². The summed E-state index contributed by atoms with van der Waals surface area (Å²) in [6.45, 7) is 3.39. The van der Waals surface area contributed by atoms with Crippen molar-refractivity contribution in [2.75, 3.05) is 0 Å². The lowest BCUT2D eigenvalue weighted by Gasteiger charge is -2.41. The van der Waals surface area contributed by atoms with Crippen molar-refractivity contribution in [3.05, 3.63) is 58.6 Å². The van der Waals surface area contributed by atoms with Crippen molar-refractivity contribution in [1.82, 2.24) is 0 Å². The summed E-state index contributed by atoms with van der Waals surface area (Å²) < 4.78 is 6.69. The summed E-state index contributed by atoms with van der Waals surface area (Å²) in [7, 11) is 0. The van der Waals surface area contributed by atoms with Gasteiger partial charge in [0.05, 0.1) is 6.42 Å². The first-order valence-electron chi connectivity index (χ1n) is 7.72. The van der Waals surface area contributed by atoms with E-state index in [0.717, 1.165) is 40.1 Å². The van der Waals surface area contributed by atoms with Crippen LogP contribution < -0.4 is 0 Å². The van der Waals surface area contributed by atoms with E-state index in [0.29, 0.717) is 0 Å². The standard InChI is InChI=1S/C19H17BrO4/c1-12(18(22)23)9-17(21)24-19(7-2-8-19)15-5-3-14-11-16(20)6-4-13(14)10-15/h3-6,10-11H,1-2,7-9H2,(H,22,23). The van der Waals surface area contributed by atoms with Gasteiger partial charge in [0.2, 0.25) is 0 Å². The third kappa shape index (κ3) is 3.22. The smallest absolute Gasteiger partial charge is 0.331 e. The van der Waals surface area contributed by atoms with Crippen LogP contribution in [-0.4, -0.2) is 17.0 Å². The molecule has 0 spiro atoms. The number of hydrogen-bond acceptors (Lipinski definition) is 3. The Balaban J connectivity index is 1.85. The Kier molecular flexibility index (Phi) is 4.45. The van der Waals surface area contributed by atoms with E-state index in [1.807, 2.05) is 36.4 Å². The van der Waals surface area contributed by atoms with Crippen molar-refractivity contribution in [2.24, 2.45) is 0 Å². The van der Waals surface area contributed by atoms with Crippen molar-refractivity contribution in [1.29, 1.82) is 0 Å². The Bertz CT molecular complexity index is 836. The fraction of sp³-hybridized carbons (Fsp3) is 0.263. The second-order valence-corrected chi connectivity index (χ2v) is 7.03. The van der Waals surface area contributed by atoms with E-state index in [9.17, 15) is 9.59 Å². The average Bonchev–Trinajstić information content (AvgIpc) is 2.50. The molecule has 0 aromatic heterocycles. The number of carboxylic acids is 1. The van der Waals surface area contributed by atoms with Crippen LogP contribution in [0.15, 0.2) is 53.0 Å². The Labute approximate surface area is 148 Å². The van der Waals surface area contributed by atoms with Gasteiger partial charge < -0.3 is 9.84 Å². The Morgan fingerprint density at radius 2 is 1.83 bits per heavy atom. The van der Waals surface area contributed by atoms with Crippen LogP contribution in [-0.2, 0) is 19.9 Å². The van der Waals surface area contributed by atoms with Gasteiger partial charge in [-0.05, 0) is 53.8 Å². The predicted molar refractivity (Wildman–Crippen MR) is 94.7 cm³/mol. The highest BCUT2D eigenvalue weighted by atomic mass is 79.9. The summed E-state index contributed by atoms with van der Waals surface area (Å²) >= 11 is 3.46. The summed E-state index contributed by atoms with van der Waals surface area (Å²) in [5.74, 6) is -1.72. The van der Waals surface area contributed by atoms with Crippen LogP contribution in [0.1, 0.15) is 31.2 Å². The van der Waals surface area contributed by atoms with Gasteiger partial charge in [-0.3, -0.25) is 4.79 Å². The molecule has 5 heteroatoms. The molecule has 3 rings (SSSR count). The number of aliphatic carboxylic acids is 1. The molecule has 1 N–H and O–H groups in total. The van der Waals surface area contributed by atoms with Crippen molar-refractivity contribution in [2.45, 2.75) is 31.3 Å². The summed E-state index contributed by atoms with van der Waals surface area (Å²) in [5, 5.41) is 11.0. The lowest BCUT2D eigenvalue weighted by atomic mass is 9.74. The molecule has 0 saturated heterocycles. The molecule has 124 valence electrons. The Morgan fingerprint density at radius 1 is 1.17 bits per heavy atom. The zero-order valence-corrected chi connectivity index (χ0v) is 14.6. The van der Waals surface area contributed by atoms with Crippen molar-refractivity contribution in [3.63, 3.8) is 0 Å². The summed E-state index contributed by atoms with van der Waals surface area (Å²) in [4.78, 5) is 22.9. The molecule has 0 amide bonds. The number of fused-ring (bicyclic) bond motifs is 1. The molecular weight excluding hydrogens is 372 g/mol. The van der Waals surface area contributed by atoms with E-state index in [1.54, 1.807) is 0 Å². The van der Waals surface area contributed by atoms with Gasteiger partial charge in [0.25, 0.3) is 0 Å². The van der Waals surface area contributed by atoms with Gasteiger partial charge in [-0.15, -0.1) is 0 Å². The van der Waals surface area contributed by atoms with E-state index >= 15 is 0 Å². The van der Waals surface area contributed by atoms with Crippen LogP contribution in [0.25, 0.3) is 10.8 Å². The van der Waals surface area contributed by atoms with Crippen LogP contribution in [0, 0.1) is 0 Å². The van der Waals surface area contributed by atoms with Crippen LogP contribution in [0.4, 0.5) is 0 Å². The maximum absolute atomic E-state index is 12.1. The Morgan fingerprint density at radius 3 is 2.46 bits per heavy atom. The van der Waals surface area contributed by atoms with E-state index in [4.69, 9.17) is 9.84 Å². The van der Waals surface area contributed by atoms with Gasteiger partial charge in [0.15, 0.2) is 0 Å². The molecule has 0 bridgehead atoms. The highest BCUT2D eigenvalue weighted by Gasteiger charge is 2.42. The normalized spacial score (nSPS) is 15.5. The first-order valence-corrected chi connectivity index (χ1v) is 8.52. The molecule has 2 aromatic carbocycles. The topological polar surface area (TPSA) is 63.6 Å². The average molecular weight is 389 g/mol. The molecule has 24 heavy (non-hydrogen) atoms. The lowest BCUT2D eigenvalue weighted by molar-refractivity contribution is -0.171. The van der Waals surface area contributed by atoms with Gasteiger partial charge in [0, 0.05) is 10.0 Å². The van der Waals surface area contributed by atoms with Crippen LogP contribution in [0.3, 0.4) is 0 Å². The molecule has 0 heterocycles. The molecule has 1 aliphatic rings. The largest absolute Gasteiger partial charge is 0.478 e. The zero-order valence-electron chi connectivity index (χ0n) is 13.0. The quantitative estimate of drug-likeness (QED) is 0.602. The van der Waals surface area contributed by atoms with Crippen molar-refractivity contribution >= 4 is 38.6 Å². The van der Waals surface area contributed by atoms with E-state index in [1.165, 1.54) is 0 Å². The number of esters is 1. The monoisotopic (exact) mass is 388 g/mol. The number of ether oxygens (including phenoxy) is 1. The maximum atomic E-state index is 12.1. The van der Waals surface area contributed by atoms with Crippen molar-refractivity contribution < 1.29 is 19.4 Å². The van der Waals surface area contributed by atoms with Gasteiger partial charge >= 0.3 is 11.9 Å². The number of carboxylic acid groups (broad SMARTS) is 1. The summed E-state index contributed by atoms with van der Waals surface area (Å²) in [5.41, 5.74) is 0.160. The van der Waals surface area contributed by atoms with Gasteiger partial charge in [-0.2, -0.15) is 0 Å². The summed E-state index contributed by atoms with van der Waals surface area (Å²) in [6.07, 6.45) is 2.18. The first kappa shape index (κ1) is 16.7. The van der Waals surface area contributed by atoms with Crippen LogP contribution in [0.5, 0.6) is 0 Å². The molecule has 1 aliphatic carbocycles. The number of halogens is 1. The minimum atomic E-state index is -1.18. The SMILES string of the molecule is C=C(CC(=O)OC1(c2ccc3cc(Br)ccc3c2)CCC1)C(=O)O. The highest BCUT2D eigenvalue weighted by Crippen LogP contribution is 2.46. The van der Waals surface area contributed by atoms with E-state index in [-0.39, 0.29) is 12.0 Å². The van der Waals surface area contributed by atoms with E-state index < -0.39 is 17.5 Å². The van der Waals surface area contributed by atoms with E-state index in [2.05, 4.69) is 22.5 Å². The minimum absolute atomic E-state index is 0.155. The van der Waals surface area contributed by atoms with Crippen LogP contribution >= 0.6 is 15.9 Å². The zero-order chi connectivity index (χ0) is 17.3. The Hall–Kier alpha value is -2.14. The molecule has 0 atom stereocenters. The number of rotatable bonds is 5. The number of hydrogen-bond donors (Lipinski definition) is 1. The van der Waals surface area contributed by atoms with Crippen molar-refractivity contribution in [3.8, 4) is 0 Å². The predicted octanol–water partition coefficient (Wildman–Crippen LogP) is 4.56. The van der Waals surface area contributed by atoms with Crippen LogP contribution in [0.2, 0.25) is 0 Å². The van der Waals surface area contributed by atoms with Gasteiger partial charge in [-0.1, -0.05) is 40.7 Å². The number of carbonyl (C=O) groups excluding carboxylic acids is 1. The first-order chi connectivity index (χ1) is 11.4. The molecule has 1 fully saturated rings. The maximum Gasteiger partial charge on any atom is 0.331 e. The fourth-order valence-corrected chi connectivity index (χ4v) is 3.33. The minimum Gasteiger partial charge on any atom is -0.478 e. The molecule has 1 saturated carbocycles.